The van der Waals surface area contributed by atoms with E-state index in [1.165, 1.54) is 35.1 Å². The molecule has 0 atom stereocenters. The Morgan fingerprint density at radius 1 is 0.889 bits per heavy atom. The van der Waals surface area contributed by atoms with E-state index in [-0.39, 0.29) is 6.09 Å². The van der Waals surface area contributed by atoms with Gasteiger partial charge in [-0.3, -0.25) is 4.90 Å². The van der Waals surface area contributed by atoms with Gasteiger partial charge in [0.25, 0.3) is 0 Å². The van der Waals surface area contributed by atoms with Crippen LogP contribution in [0.25, 0.3) is 0 Å². The van der Waals surface area contributed by atoms with Gasteiger partial charge in [0.2, 0.25) is 0 Å². The zero-order valence-corrected chi connectivity index (χ0v) is 21.4. The van der Waals surface area contributed by atoms with Gasteiger partial charge in [0.1, 0.15) is 11.5 Å². The third-order valence-corrected chi connectivity index (χ3v) is 7.48. The lowest BCUT2D eigenvalue weighted by Crippen LogP contribution is -2.46. The van der Waals surface area contributed by atoms with Gasteiger partial charge in [-0.05, 0) is 85.5 Å². The van der Waals surface area contributed by atoms with Crippen LogP contribution in [0.15, 0.2) is 72.8 Å². The van der Waals surface area contributed by atoms with Gasteiger partial charge >= 0.3 is 6.09 Å². The molecule has 1 saturated heterocycles. The number of likely N-dealkylation sites (tertiary alicyclic amines) is 1. The van der Waals surface area contributed by atoms with Gasteiger partial charge in [0, 0.05) is 25.7 Å². The fourth-order valence-electron chi connectivity index (χ4n) is 5.14. The van der Waals surface area contributed by atoms with Gasteiger partial charge < -0.3 is 14.4 Å². The SMILES string of the molecule is COc1ccc(CN(C)C2CCN(C(=O)Oc3ccc(Cc4ccccc4)cc3C3CC3)CC2)cc1. The molecule has 0 radical (unpaired) electrons. The molecule has 1 aliphatic heterocycles. The molecule has 5 heteroatoms. The van der Waals surface area contributed by atoms with Crippen molar-refractivity contribution in [3.8, 4) is 11.5 Å². The Hall–Kier alpha value is -3.31. The molecule has 0 spiro atoms. The molecule has 188 valence electrons. The number of carbonyl (C=O) groups excluding carboxylic acids is 1. The third-order valence-electron chi connectivity index (χ3n) is 7.48. The van der Waals surface area contributed by atoms with Gasteiger partial charge in [-0.2, -0.15) is 0 Å². The highest BCUT2D eigenvalue weighted by atomic mass is 16.6. The Morgan fingerprint density at radius 3 is 2.25 bits per heavy atom. The van der Waals surface area contributed by atoms with Crippen LogP contribution in [-0.2, 0) is 13.0 Å². The van der Waals surface area contributed by atoms with E-state index in [1.807, 2.05) is 29.2 Å². The average molecular weight is 485 g/mol. The minimum absolute atomic E-state index is 0.219. The van der Waals surface area contributed by atoms with Crippen molar-refractivity contribution in [1.82, 2.24) is 9.80 Å². The Morgan fingerprint density at radius 2 is 1.58 bits per heavy atom. The molecule has 36 heavy (non-hydrogen) atoms. The lowest BCUT2D eigenvalue weighted by Gasteiger charge is -2.36. The highest BCUT2D eigenvalue weighted by molar-refractivity contribution is 5.71. The zero-order chi connectivity index (χ0) is 24.9. The normalized spacial score (nSPS) is 16.2. The Bertz CT molecular complexity index is 1150. The van der Waals surface area contributed by atoms with Gasteiger partial charge in [0.05, 0.1) is 7.11 Å². The van der Waals surface area contributed by atoms with Gasteiger partial charge in [-0.1, -0.05) is 54.6 Å². The summed E-state index contributed by atoms with van der Waals surface area (Å²) in [6.45, 7) is 2.34. The fraction of sp³-hybridized carbons (Fsp3) is 0.387. The molecule has 5 nitrogen and oxygen atoms in total. The van der Waals surface area contributed by atoms with E-state index in [2.05, 4.69) is 60.5 Å². The maximum absolute atomic E-state index is 13.0. The standard InChI is InChI=1S/C31H36N2O3/c1-32(22-24-8-13-28(35-2)14-9-24)27-16-18-33(19-17-27)31(34)36-30-15-10-25(21-29(30)26-11-12-26)20-23-6-4-3-5-7-23/h3-10,13-15,21,26-27H,11-12,16-20,22H2,1-2H3. The number of nitrogens with zero attached hydrogens (tertiary/aromatic N) is 2. The largest absolute Gasteiger partial charge is 0.497 e. The first kappa shape index (κ1) is 24.4. The molecule has 5 rings (SSSR count). The average Bonchev–Trinajstić information content (AvgIpc) is 3.76. The molecule has 1 heterocycles. The molecular weight excluding hydrogens is 448 g/mol. The topological polar surface area (TPSA) is 42.0 Å². The molecule has 1 aliphatic carbocycles. The highest BCUT2D eigenvalue weighted by Crippen LogP contribution is 2.45. The number of ether oxygens (including phenoxy) is 2. The maximum Gasteiger partial charge on any atom is 0.415 e. The number of amides is 1. The third kappa shape index (κ3) is 6.08. The van der Waals surface area contributed by atoms with Crippen molar-refractivity contribution in [3.05, 3.63) is 95.1 Å². The highest BCUT2D eigenvalue weighted by Gasteiger charge is 2.30. The summed E-state index contributed by atoms with van der Waals surface area (Å²) in [5, 5.41) is 0. The lowest BCUT2D eigenvalue weighted by molar-refractivity contribution is 0.107. The van der Waals surface area contributed by atoms with Crippen LogP contribution in [0.4, 0.5) is 4.79 Å². The summed E-state index contributed by atoms with van der Waals surface area (Å²) in [6, 6.07) is 25.5. The van der Waals surface area contributed by atoms with Crippen molar-refractivity contribution in [2.75, 3.05) is 27.2 Å². The maximum atomic E-state index is 13.0. The molecule has 0 aromatic heterocycles. The number of benzene rings is 3. The van der Waals surface area contributed by atoms with Gasteiger partial charge in [0.15, 0.2) is 0 Å². The van der Waals surface area contributed by atoms with Crippen molar-refractivity contribution >= 4 is 6.09 Å². The molecule has 1 saturated carbocycles. The first-order valence-electron chi connectivity index (χ1n) is 13.1. The van der Waals surface area contributed by atoms with Crippen LogP contribution in [-0.4, -0.2) is 49.2 Å². The van der Waals surface area contributed by atoms with E-state index >= 15 is 0 Å². The summed E-state index contributed by atoms with van der Waals surface area (Å²) in [7, 11) is 3.86. The van der Waals surface area contributed by atoms with E-state index in [0.717, 1.165) is 50.4 Å². The van der Waals surface area contributed by atoms with Crippen molar-refractivity contribution in [1.29, 1.82) is 0 Å². The van der Waals surface area contributed by atoms with Crippen molar-refractivity contribution in [2.45, 2.75) is 50.6 Å². The summed E-state index contributed by atoms with van der Waals surface area (Å²) in [6.07, 6.45) is 4.92. The number of rotatable bonds is 8. The van der Waals surface area contributed by atoms with Crippen molar-refractivity contribution < 1.29 is 14.3 Å². The number of hydrogen-bond donors (Lipinski definition) is 0. The van der Waals surface area contributed by atoms with Crippen molar-refractivity contribution in [2.24, 2.45) is 0 Å². The van der Waals surface area contributed by atoms with E-state index in [1.54, 1.807) is 7.11 Å². The van der Waals surface area contributed by atoms with Crippen LogP contribution in [0.2, 0.25) is 0 Å². The van der Waals surface area contributed by atoms with Gasteiger partial charge in [-0.25, -0.2) is 4.79 Å². The van der Waals surface area contributed by atoms with Crippen LogP contribution in [0.1, 0.15) is 53.9 Å². The van der Waals surface area contributed by atoms with E-state index in [9.17, 15) is 4.79 Å². The van der Waals surface area contributed by atoms with E-state index in [0.29, 0.717) is 12.0 Å². The van der Waals surface area contributed by atoms with Crippen LogP contribution in [0.3, 0.4) is 0 Å². The van der Waals surface area contributed by atoms with Crippen molar-refractivity contribution in [3.63, 3.8) is 0 Å². The number of carbonyl (C=O) groups is 1. The first-order valence-corrected chi connectivity index (χ1v) is 13.1. The van der Waals surface area contributed by atoms with Crippen LogP contribution in [0.5, 0.6) is 11.5 Å². The van der Waals surface area contributed by atoms with Crippen LogP contribution in [0, 0.1) is 0 Å². The Balaban J connectivity index is 1.15. The Labute approximate surface area is 214 Å². The second-order valence-electron chi connectivity index (χ2n) is 10.2. The summed E-state index contributed by atoms with van der Waals surface area (Å²) in [5.74, 6) is 2.13. The molecule has 2 fully saturated rings. The molecule has 0 unspecified atom stereocenters. The quantitative estimate of drug-likeness (QED) is 0.379. The van der Waals surface area contributed by atoms with E-state index in [4.69, 9.17) is 9.47 Å². The smallest absolute Gasteiger partial charge is 0.415 e. The molecule has 3 aromatic rings. The van der Waals surface area contributed by atoms with E-state index < -0.39 is 0 Å². The Kier molecular flexibility index (Phi) is 7.57. The molecule has 0 bridgehead atoms. The predicted octanol–water partition coefficient (Wildman–Crippen LogP) is 6.26. The number of methoxy groups -OCH3 is 1. The molecule has 0 N–H and O–H groups in total. The molecule has 2 aliphatic rings. The summed E-state index contributed by atoms with van der Waals surface area (Å²) in [4.78, 5) is 17.3. The molecule has 3 aromatic carbocycles. The summed E-state index contributed by atoms with van der Waals surface area (Å²) >= 11 is 0. The number of piperidine rings is 1. The van der Waals surface area contributed by atoms with Gasteiger partial charge in [-0.15, -0.1) is 0 Å². The van der Waals surface area contributed by atoms with Crippen LogP contribution >= 0.6 is 0 Å². The molecule has 1 amide bonds. The first-order chi connectivity index (χ1) is 17.6. The second-order valence-corrected chi connectivity index (χ2v) is 10.2. The monoisotopic (exact) mass is 484 g/mol. The second kappa shape index (κ2) is 11.2. The molecular formula is C31H36N2O3. The summed E-state index contributed by atoms with van der Waals surface area (Å²) < 4.78 is 11.2. The summed E-state index contributed by atoms with van der Waals surface area (Å²) in [5.41, 5.74) is 5.02. The predicted molar refractivity (Wildman–Crippen MR) is 143 cm³/mol. The fourth-order valence-corrected chi connectivity index (χ4v) is 5.14. The minimum Gasteiger partial charge on any atom is -0.497 e. The number of hydrogen-bond acceptors (Lipinski definition) is 4. The minimum atomic E-state index is -0.219. The van der Waals surface area contributed by atoms with Crippen LogP contribution < -0.4 is 9.47 Å². The lowest BCUT2D eigenvalue weighted by atomic mass is 10.00. The zero-order valence-electron chi connectivity index (χ0n) is 21.4.